The van der Waals surface area contributed by atoms with E-state index in [1.807, 2.05) is 23.1 Å². The van der Waals surface area contributed by atoms with E-state index in [1.165, 1.54) is 0 Å². The molecule has 1 atom stereocenters. The summed E-state index contributed by atoms with van der Waals surface area (Å²) >= 11 is 0. The fraction of sp³-hybridized carbons (Fsp3) is 0.471. The van der Waals surface area contributed by atoms with Gasteiger partial charge >= 0.3 is 0 Å². The van der Waals surface area contributed by atoms with Gasteiger partial charge in [-0.1, -0.05) is 19.1 Å². The highest BCUT2D eigenvalue weighted by Crippen LogP contribution is 2.10. The van der Waals surface area contributed by atoms with Crippen molar-refractivity contribution in [1.29, 1.82) is 0 Å². The number of para-hydroxylation sites is 1. The molecule has 6 heteroatoms. The van der Waals surface area contributed by atoms with Crippen molar-refractivity contribution in [2.75, 3.05) is 20.6 Å². The molecule has 2 rings (SSSR count). The lowest BCUT2D eigenvalue weighted by Gasteiger charge is -2.28. The molecule has 0 saturated heterocycles. The van der Waals surface area contributed by atoms with Gasteiger partial charge in [0.2, 0.25) is 5.91 Å². The lowest BCUT2D eigenvalue weighted by Crippen LogP contribution is -2.41. The van der Waals surface area contributed by atoms with E-state index in [1.54, 1.807) is 25.1 Å². The third-order valence-corrected chi connectivity index (χ3v) is 4.07. The molecular formula is C17H24N4O2. The molecule has 0 spiro atoms. The molecule has 1 amide bonds. The Morgan fingerprint density at radius 3 is 2.65 bits per heavy atom. The van der Waals surface area contributed by atoms with Crippen LogP contribution in [0.1, 0.15) is 26.1 Å². The van der Waals surface area contributed by atoms with Gasteiger partial charge in [-0.15, -0.1) is 0 Å². The number of nitrogens with zero attached hydrogens (tertiary/aromatic N) is 3. The van der Waals surface area contributed by atoms with Gasteiger partial charge in [0.15, 0.2) is 0 Å². The number of aromatic nitrogens is 2. The van der Waals surface area contributed by atoms with E-state index in [-0.39, 0.29) is 17.5 Å². The summed E-state index contributed by atoms with van der Waals surface area (Å²) in [5.41, 5.74) is 0.530. The Morgan fingerprint density at radius 2 is 2.00 bits per heavy atom. The van der Waals surface area contributed by atoms with Crippen LogP contribution in [0.4, 0.5) is 0 Å². The standard InChI is InChI=1S/C17H24N4O2/c1-5-12(2)21(11-16(22)20(3)4)10-15-18-14-9-7-6-8-13(14)17(23)19-15/h6-9,12H,5,10-11H2,1-4H3,(H,18,19,23). The Balaban J connectivity index is 2.28. The van der Waals surface area contributed by atoms with Crippen LogP contribution in [0, 0.1) is 0 Å². The minimum absolute atomic E-state index is 0.0356. The number of hydrogen-bond donors (Lipinski definition) is 1. The zero-order valence-corrected chi connectivity index (χ0v) is 14.2. The second-order valence-electron chi connectivity index (χ2n) is 5.98. The molecule has 1 unspecified atom stereocenters. The number of rotatable bonds is 6. The van der Waals surface area contributed by atoms with Gasteiger partial charge in [0, 0.05) is 20.1 Å². The zero-order chi connectivity index (χ0) is 17.0. The van der Waals surface area contributed by atoms with E-state index in [9.17, 15) is 9.59 Å². The fourth-order valence-electron chi connectivity index (χ4n) is 2.34. The number of likely N-dealkylation sites (N-methyl/N-ethyl adjacent to an activating group) is 1. The number of carbonyl (C=O) groups is 1. The highest BCUT2D eigenvalue weighted by atomic mass is 16.2. The number of amides is 1. The molecule has 0 bridgehead atoms. The Labute approximate surface area is 136 Å². The predicted molar refractivity (Wildman–Crippen MR) is 91.2 cm³/mol. The third kappa shape index (κ3) is 4.16. The van der Waals surface area contributed by atoms with Crippen LogP contribution in [0.2, 0.25) is 0 Å². The summed E-state index contributed by atoms with van der Waals surface area (Å²) < 4.78 is 0. The highest BCUT2D eigenvalue weighted by molar-refractivity contribution is 5.78. The fourth-order valence-corrected chi connectivity index (χ4v) is 2.34. The maximum absolute atomic E-state index is 12.2. The molecule has 0 aliphatic rings. The summed E-state index contributed by atoms with van der Waals surface area (Å²) in [6, 6.07) is 7.48. The Hall–Kier alpha value is -2.21. The summed E-state index contributed by atoms with van der Waals surface area (Å²) in [5.74, 6) is 0.619. The van der Waals surface area contributed by atoms with Gasteiger partial charge in [0.1, 0.15) is 5.82 Å². The van der Waals surface area contributed by atoms with Gasteiger partial charge in [-0.05, 0) is 25.5 Å². The first-order valence-corrected chi connectivity index (χ1v) is 7.84. The van der Waals surface area contributed by atoms with Crippen molar-refractivity contribution in [2.45, 2.75) is 32.9 Å². The number of hydrogen-bond acceptors (Lipinski definition) is 4. The van der Waals surface area contributed by atoms with Gasteiger partial charge in [0.05, 0.1) is 24.0 Å². The van der Waals surface area contributed by atoms with Gasteiger partial charge < -0.3 is 9.88 Å². The second kappa shape index (κ2) is 7.37. The van der Waals surface area contributed by atoms with E-state index < -0.39 is 0 Å². The maximum Gasteiger partial charge on any atom is 0.258 e. The average molecular weight is 316 g/mol. The largest absolute Gasteiger partial charge is 0.348 e. The van der Waals surface area contributed by atoms with Crippen LogP contribution < -0.4 is 5.56 Å². The number of benzene rings is 1. The van der Waals surface area contributed by atoms with Crippen molar-refractivity contribution < 1.29 is 4.79 Å². The SMILES string of the molecule is CCC(C)N(CC(=O)N(C)C)Cc1nc2ccccc2c(=O)[nH]1. The molecule has 0 radical (unpaired) electrons. The van der Waals surface area contributed by atoms with E-state index in [0.29, 0.717) is 29.8 Å². The van der Waals surface area contributed by atoms with Crippen molar-refractivity contribution in [3.05, 3.63) is 40.4 Å². The highest BCUT2D eigenvalue weighted by Gasteiger charge is 2.19. The maximum atomic E-state index is 12.2. The minimum atomic E-state index is -0.145. The van der Waals surface area contributed by atoms with Gasteiger partial charge in [0.25, 0.3) is 5.56 Å². The Kier molecular flexibility index (Phi) is 5.50. The number of H-pyrrole nitrogens is 1. The van der Waals surface area contributed by atoms with Crippen LogP contribution in [0.15, 0.2) is 29.1 Å². The van der Waals surface area contributed by atoms with Crippen molar-refractivity contribution in [2.24, 2.45) is 0 Å². The molecular weight excluding hydrogens is 292 g/mol. The Bertz CT molecular complexity index is 739. The molecule has 6 nitrogen and oxygen atoms in total. The van der Waals surface area contributed by atoms with Crippen LogP contribution in [0.5, 0.6) is 0 Å². The van der Waals surface area contributed by atoms with Crippen LogP contribution in [0.25, 0.3) is 10.9 Å². The summed E-state index contributed by atoms with van der Waals surface area (Å²) in [6.07, 6.45) is 0.915. The molecule has 23 heavy (non-hydrogen) atoms. The topological polar surface area (TPSA) is 69.3 Å². The van der Waals surface area contributed by atoms with Gasteiger partial charge in [-0.3, -0.25) is 14.5 Å². The van der Waals surface area contributed by atoms with Crippen LogP contribution in [-0.4, -0.2) is 52.4 Å². The lowest BCUT2D eigenvalue weighted by molar-refractivity contribution is -0.130. The monoisotopic (exact) mass is 316 g/mol. The predicted octanol–water partition coefficient (Wildman–Crippen LogP) is 1.61. The summed E-state index contributed by atoms with van der Waals surface area (Å²) in [4.78, 5) is 35.2. The van der Waals surface area contributed by atoms with Crippen molar-refractivity contribution >= 4 is 16.8 Å². The molecule has 0 aliphatic carbocycles. The molecule has 1 heterocycles. The molecule has 1 aromatic heterocycles. The summed E-state index contributed by atoms with van der Waals surface area (Å²) in [7, 11) is 3.49. The van der Waals surface area contributed by atoms with Gasteiger partial charge in [-0.2, -0.15) is 0 Å². The van der Waals surface area contributed by atoms with Crippen molar-refractivity contribution in [3.8, 4) is 0 Å². The quantitative estimate of drug-likeness (QED) is 0.879. The van der Waals surface area contributed by atoms with Crippen molar-refractivity contribution in [1.82, 2.24) is 19.8 Å². The molecule has 124 valence electrons. The molecule has 0 saturated carbocycles. The molecule has 0 aliphatic heterocycles. The number of fused-ring (bicyclic) bond motifs is 1. The van der Waals surface area contributed by atoms with Gasteiger partial charge in [-0.25, -0.2) is 4.98 Å². The summed E-state index contributed by atoms with van der Waals surface area (Å²) in [5, 5.41) is 0.579. The first-order chi connectivity index (χ1) is 10.9. The second-order valence-corrected chi connectivity index (χ2v) is 5.98. The summed E-state index contributed by atoms with van der Waals surface area (Å²) in [6.45, 7) is 4.89. The number of nitrogens with one attached hydrogen (secondary N) is 1. The van der Waals surface area contributed by atoms with E-state index in [2.05, 4.69) is 23.8 Å². The molecule has 2 aromatic rings. The van der Waals surface area contributed by atoms with E-state index in [4.69, 9.17) is 0 Å². The van der Waals surface area contributed by atoms with Crippen LogP contribution in [0.3, 0.4) is 0 Å². The first kappa shape index (κ1) is 17.1. The average Bonchev–Trinajstić information content (AvgIpc) is 2.53. The van der Waals surface area contributed by atoms with Crippen LogP contribution in [-0.2, 0) is 11.3 Å². The zero-order valence-electron chi connectivity index (χ0n) is 14.2. The lowest BCUT2D eigenvalue weighted by atomic mass is 10.2. The smallest absolute Gasteiger partial charge is 0.258 e. The number of aromatic amines is 1. The Morgan fingerprint density at radius 1 is 1.30 bits per heavy atom. The normalized spacial score (nSPS) is 12.6. The van der Waals surface area contributed by atoms with Crippen molar-refractivity contribution in [3.63, 3.8) is 0 Å². The molecule has 1 N–H and O–H groups in total. The molecule has 0 fully saturated rings. The number of carbonyl (C=O) groups excluding carboxylic acids is 1. The minimum Gasteiger partial charge on any atom is -0.348 e. The molecule has 1 aromatic carbocycles. The van der Waals surface area contributed by atoms with E-state index >= 15 is 0 Å². The van der Waals surface area contributed by atoms with Crippen LogP contribution >= 0.6 is 0 Å². The van der Waals surface area contributed by atoms with E-state index in [0.717, 1.165) is 6.42 Å². The first-order valence-electron chi connectivity index (χ1n) is 7.84. The third-order valence-electron chi connectivity index (χ3n) is 4.07.